The largest absolute Gasteiger partial charge is 0.207 e. The van der Waals surface area contributed by atoms with E-state index in [1.807, 2.05) is 0 Å². The lowest BCUT2D eigenvalue weighted by molar-refractivity contribution is 0.381. The van der Waals surface area contributed by atoms with Gasteiger partial charge in [-0.05, 0) is 45.8 Å². The summed E-state index contributed by atoms with van der Waals surface area (Å²) < 4.78 is 129. The van der Waals surface area contributed by atoms with Crippen molar-refractivity contribution in [2.45, 2.75) is 0 Å². The molecule has 176 valence electrons. The number of halogens is 9. The summed E-state index contributed by atoms with van der Waals surface area (Å²) in [5, 5.41) is -0.889. The number of hydrogen-bond donors (Lipinski definition) is 0. The fraction of sp³-hybridized carbons (Fsp3) is 0. The van der Waals surface area contributed by atoms with Crippen LogP contribution in [0.2, 0.25) is 0 Å². The molecule has 0 aliphatic heterocycles. The second kappa shape index (κ2) is 8.04. The number of fused-ring (bicyclic) bond motifs is 2. The molecule has 35 heavy (non-hydrogen) atoms. The Bertz CT molecular complexity index is 1660. The predicted molar refractivity (Wildman–Crippen MR) is 112 cm³/mol. The predicted octanol–water partition coefficient (Wildman–Crippen LogP) is 8.58. The van der Waals surface area contributed by atoms with Crippen molar-refractivity contribution in [3.8, 4) is 22.3 Å². The van der Waals surface area contributed by atoms with Crippen LogP contribution in [0.5, 0.6) is 0 Å². The molecule has 0 saturated carbocycles. The van der Waals surface area contributed by atoms with Gasteiger partial charge in [0.05, 0.1) is 5.56 Å². The Balaban J connectivity index is 2.09. The van der Waals surface area contributed by atoms with Crippen LogP contribution in [0.4, 0.5) is 39.5 Å². The Morgan fingerprint density at radius 3 is 1.40 bits per heavy atom. The van der Waals surface area contributed by atoms with E-state index in [1.165, 1.54) is 24.3 Å². The summed E-state index contributed by atoms with van der Waals surface area (Å²) in [6, 6.07) is 9.02. The van der Waals surface area contributed by atoms with Gasteiger partial charge in [0.2, 0.25) is 5.82 Å². The summed E-state index contributed by atoms with van der Waals surface area (Å²) in [7, 11) is 0. The number of benzene rings is 5. The maximum Gasteiger partial charge on any atom is 0.200 e. The standard InChI is InChI=1S/C26H9F9/c27-10-5-6-13(16(28)7-10)19-11-3-1-2-4-12(11)20(15-9-18(30)17(29)8-14(15)19)21-22(31)24(33)26(35)25(34)23(21)32/h1-9H. The lowest BCUT2D eigenvalue weighted by Gasteiger charge is -2.19. The first-order valence-corrected chi connectivity index (χ1v) is 9.92. The zero-order valence-electron chi connectivity index (χ0n) is 17.1. The van der Waals surface area contributed by atoms with Crippen LogP contribution in [0.1, 0.15) is 0 Å². The van der Waals surface area contributed by atoms with Gasteiger partial charge in [0.1, 0.15) is 11.6 Å². The summed E-state index contributed by atoms with van der Waals surface area (Å²) in [5.74, 6) is -16.1. The van der Waals surface area contributed by atoms with Crippen LogP contribution in [0.25, 0.3) is 43.8 Å². The molecule has 5 rings (SSSR count). The molecule has 5 aromatic carbocycles. The Kier molecular flexibility index (Phi) is 5.23. The highest BCUT2D eigenvalue weighted by Gasteiger charge is 2.30. The third kappa shape index (κ3) is 3.33. The molecule has 0 aromatic heterocycles. The van der Waals surface area contributed by atoms with E-state index < -0.39 is 68.9 Å². The second-order valence-electron chi connectivity index (χ2n) is 7.68. The van der Waals surface area contributed by atoms with Crippen LogP contribution in [0.15, 0.2) is 54.6 Å². The van der Waals surface area contributed by atoms with E-state index >= 15 is 0 Å². The maximum absolute atomic E-state index is 14.9. The molecule has 0 N–H and O–H groups in total. The van der Waals surface area contributed by atoms with E-state index in [0.717, 1.165) is 12.1 Å². The molecule has 0 spiro atoms. The van der Waals surface area contributed by atoms with Crippen LogP contribution in [-0.4, -0.2) is 0 Å². The Morgan fingerprint density at radius 2 is 0.857 bits per heavy atom. The summed E-state index contributed by atoms with van der Waals surface area (Å²) >= 11 is 0. The van der Waals surface area contributed by atoms with Crippen molar-refractivity contribution in [1.29, 1.82) is 0 Å². The Labute approximate surface area is 190 Å². The zero-order chi connectivity index (χ0) is 25.2. The molecule has 0 radical (unpaired) electrons. The summed E-state index contributed by atoms with van der Waals surface area (Å²) in [6.45, 7) is 0. The molecule has 0 atom stereocenters. The van der Waals surface area contributed by atoms with Crippen LogP contribution < -0.4 is 0 Å². The molecule has 0 amide bonds. The Morgan fingerprint density at radius 1 is 0.371 bits per heavy atom. The summed E-state index contributed by atoms with van der Waals surface area (Å²) in [4.78, 5) is 0. The fourth-order valence-corrected chi connectivity index (χ4v) is 4.25. The van der Waals surface area contributed by atoms with Gasteiger partial charge in [-0.25, -0.2) is 39.5 Å². The average Bonchev–Trinajstić information content (AvgIpc) is 2.83. The van der Waals surface area contributed by atoms with Crippen molar-refractivity contribution in [3.05, 3.63) is 107 Å². The molecule has 0 unspecified atom stereocenters. The lowest BCUT2D eigenvalue weighted by atomic mass is 9.85. The number of hydrogen-bond acceptors (Lipinski definition) is 0. The van der Waals surface area contributed by atoms with E-state index in [4.69, 9.17) is 0 Å². The molecule has 0 bridgehead atoms. The summed E-state index contributed by atoms with van der Waals surface area (Å²) in [5.41, 5.74) is -2.34. The highest BCUT2D eigenvalue weighted by molar-refractivity contribution is 6.21. The number of rotatable bonds is 2. The highest BCUT2D eigenvalue weighted by atomic mass is 19.2. The van der Waals surface area contributed by atoms with E-state index in [9.17, 15) is 39.5 Å². The molecule has 0 saturated heterocycles. The quantitative estimate of drug-likeness (QED) is 0.100. The molecule has 0 aliphatic carbocycles. The highest BCUT2D eigenvalue weighted by Crippen LogP contribution is 2.46. The minimum Gasteiger partial charge on any atom is -0.207 e. The maximum atomic E-state index is 14.9. The van der Waals surface area contributed by atoms with Crippen molar-refractivity contribution >= 4 is 21.5 Å². The first kappa shape index (κ1) is 22.8. The normalized spacial score (nSPS) is 11.6. The topological polar surface area (TPSA) is 0 Å². The van der Waals surface area contributed by atoms with Gasteiger partial charge in [0, 0.05) is 22.8 Å². The van der Waals surface area contributed by atoms with Crippen molar-refractivity contribution in [3.63, 3.8) is 0 Å². The molecule has 9 heteroatoms. The third-order valence-electron chi connectivity index (χ3n) is 5.73. The molecule has 0 heterocycles. The smallest absolute Gasteiger partial charge is 0.200 e. The van der Waals surface area contributed by atoms with Gasteiger partial charge in [-0.3, -0.25) is 0 Å². The first-order valence-electron chi connectivity index (χ1n) is 9.92. The van der Waals surface area contributed by atoms with E-state index in [1.54, 1.807) is 0 Å². The van der Waals surface area contributed by atoms with Gasteiger partial charge in [-0.2, -0.15) is 0 Å². The first-order chi connectivity index (χ1) is 16.6. The van der Waals surface area contributed by atoms with Crippen molar-refractivity contribution < 1.29 is 39.5 Å². The van der Waals surface area contributed by atoms with Crippen molar-refractivity contribution in [1.82, 2.24) is 0 Å². The summed E-state index contributed by atoms with van der Waals surface area (Å²) in [6.07, 6.45) is 0. The monoisotopic (exact) mass is 492 g/mol. The molecule has 0 nitrogen and oxygen atoms in total. The van der Waals surface area contributed by atoms with Crippen LogP contribution in [-0.2, 0) is 0 Å². The van der Waals surface area contributed by atoms with E-state index in [0.29, 0.717) is 18.2 Å². The minimum atomic E-state index is -2.39. The van der Waals surface area contributed by atoms with Crippen molar-refractivity contribution in [2.75, 3.05) is 0 Å². The average molecular weight is 492 g/mol. The van der Waals surface area contributed by atoms with E-state index in [-0.39, 0.29) is 27.3 Å². The molecule has 0 fully saturated rings. The van der Waals surface area contributed by atoms with E-state index in [2.05, 4.69) is 0 Å². The van der Waals surface area contributed by atoms with Gasteiger partial charge in [-0.1, -0.05) is 24.3 Å². The minimum absolute atomic E-state index is 0.00968. The zero-order valence-corrected chi connectivity index (χ0v) is 17.1. The molecular formula is C26H9F9. The SMILES string of the molecule is Fc1ccc(-c2c3ccccc3c(-c3c(F)c(F)c(F)c(F)c3F)c3cc(F)c(F)cc23)c(F)c1. The van der Waals surface area contributed by atoms with Crippen LogP contribution in [0.3, 0.4) is 0 Å². The van der Waals surface area contributed by atoms with Crippen molar-refractivity contribution in [2.24, 2.45) is 0 Å². The van der Waals surface area contributed by atoms with Gasteiger partial charge in [-0.15, -0.1) is 0 Å². The molecule has 0 aliphatic rings. The molecule has 5 aromatic rings. The fourth-order valence-electron chi connectivity index (χ4n) is 4.25. The van der Waals surface area contributed by atoms with Gasteiger partial charge in [0.25, 0.3) is 0 Å². The third-order valence-corrected chi connectivity index (χ3v) is 5.73. The van der Waals surface area contributed by atoms with Gasteiger partial charge in [0.15, 0.2) is 34.9 Å². The Hall–Kier alpha value is -4.01. The molecular weight excluding hydrogens is 483 g/mol. The van der Waals surface area contributed by atoms with Crippen LogP contribution in [0, 0.1) is 52.4 Å². The van der Waals surface area contributed by atoms with Crippen LogP contribution >= 0.6 is 0 Å². The van der Waals surface area contributed by atoms with Gasteiger partial charge >= 0.3 is 0 Å². The van der Waals surface area contributed by atoms with Gasteiger partial charge < -0.3 is 0 Å². The second-order valence-corrected chi connectivity index (χ2v) is 7.68. The lowest BCUT2D eigenvalue weighted by Crippen LogP contribution is -2.05.